The van der Waals surface area contributed by atoms with Crippen molar-refractivity contribution < 1.29 is 19.5 Å². The van der Waals surface area contributed by atoms with Gasteiger partial charge in [-0.2, -0.15) is 0 Å². The van der Waals surface area contributed by atoms with Crippen LogP contribution in [0.15, 0.2) is 11.4 Å². The summed E-state index contributed by atoms with van der Waals surface area (Å²) in [5, 5.41) is 13.7. The zero-order valence-corrected chi connectivity index (χ0v) is 14.9. The molecule has 132 valence electrons. The molecule has 0 bridgehead atoms. The van der Waals surface area contributed by atoms with Gasteiger partial charge in [0.05, 0.1) is 0 Å². The van der Waals surface area contributed by atoms with Gasteiger partial charge < -0.3 is 15.3 Å². The lowest BCUT2D eigenvalue weighted by atomic mass is 10.0. The van der Waals surface area contributed by atoms with Crippen LogP contribution in [-0.2, 0) is 27.3 Å². The maximum atomic E-state index is 12.3. The van der Waals surface area contributed by atoms with Crippen molar-refractivity contribution in [2.45, 2.75) is 52.1 Å². The topological polar surface area (TPSA) is 86.7 Å². The maximum absolute atomic E-state index is 12.3. The van der Waals surface area contributed by atoms with E-state index in [-0.39, 0.29) is 30.6 Å². The first-order valence-corrected chi connectivity index (χ1v) is 9.10. The average molecular weight is 352 g/mol. The van der Waals surface area contributed by atoms with Gasteiger partial charge >= 0.3 is 5.97 Å². The van der Waals surface area contributed by atoms with E-state index >= 15 is 0 Å². The molecule has 0 aromatic carbocycles. The summed E-state index contributed by atoms with van der Waals surface area (Å²) in [7, 11) is 0. The van der Waals surface area contributed by atoms with Crippen molar-refractivity contribution in [1.29, 1.82) is 0 Å². The van der Waals surface area contributed by atoms with Crippen LogP contribution in [0.2, 0.25) is 0 Å². The third-order valence-electron chi connectivity index (χ3n) is 4.07. The van der Waals surface area contributed by atoms with Crippen molar-refractivity contribution in [3.8, 4) is 0 Å². The summed E-state index contributed by atoms with van der Waals surface area (Å²) in [4.78, 5) is 38.5. The summed E-state index contributed by atoms with van der Waals surface area (Å²) < 4.78 is 0. The molecule has 0 radical (unpaired) electrons. The number of hydrogen-bond acceptors (Lipinski definition) is 4. The van der Waals surface area contributed by atoms with Crippen LogP contribution in [0, 0.1) is 5.92 Å². The minimum atomic E-state index is -1.04. The number of hydrogen-bond donors (Lipinski definition) is 2. The number of carbonyl (C=O) groups is 3. The first-order chi connectivity index (χ1) is 11.4. The van der Waals surface area contributed by atoms with Gasteiger partial charge in [0.15, 0.2) is 0 Å². The second kappa shape index (κ2) is 8.28. The van der Waals surface area contributed by atoms with Crippen molar-refractivity contribution >= 4 is 29.1 Å². The normalized spacial score (nSPS) is 15.0. The summed E-state index contributed by atoms with van der Waals surface area (Å²) in [5.41, 5.74) is 1.19. The monoisotopic (exact) mass is 352 g/mol. The highest BCUT2D eigenvalue weighted by Gasteiger charge is 2.24. The van der Waals surface area contributed by atoms with Crippen LogP contribution >= 0.6 is 11.3 Å². The number of rotatable bonds is 7. The average Bonchev–Trinajstić information content (AvgIpc) is 2.98. The van der Waals surface area contributed by atoms with Crippen LogP contribution in [-0.4, -0.2) is 40.4 Å². The van der Waals surface area contributed by atoms with Crippen LogP contribution in [0.4, 0.5) is 0 Å². The van der Waals surface area contributed by atoms with E-state index in [1.807, 2.05) is 25.3 Å². The zero-order valence-electron chi connectivity index (χ0n) is 14.1. The Labute approximate surface area is 145 Å². The Kier molecular flexibility index (Phi) is 6.36. The Morgan fingerprint density at radius 2 is 2.08 bits per heavy atom. The molecule has 24 heavy (non-hydrogen) atoms. The fraction of sp³-hybridized carbons (Fsp3) is 0.588. The number of thiophene rings is 1. The minimum absolute atomic E-state index is 0.0215. The van der Waals surface area contributed by atoms with Gasteiger partial charge in [-0.1, -0.05) is 13.8 Å². The number of nitrogens with zero attached hydrogens (tertiary/aromatic N) is 1. The molecule has 2 heterocycles. The molecular weight excluding hydrogens is 328 g/mol. The first kappa shape index (κ1) is 18.4. The second-order valence-electron chi connectivity index (χ2n) is 6.52. The molecular formula is C17H24N2O4S. The zero-order chi connectivity index (χ0) is 17.7. The third-order valence-corrected chi connectivity index (χ3v) is 5.09. The highest BCUT2D eigenvalue weighted by molar-refractivity contribution is 7.10. The predicted octanol–water partition coefficient (Wildman–Crippen LogP) is 2.03. The smallest absolute Gasteiger partial charge is 0.326 e. The van der Waals surface area contributed by atoms with Gasteiger partial charge in [-0.25, -0.2) is 4.79 Å². The van der Waals surface area contributed by atoms with Gasteiger partial charge in [-0.15, -0.1) is 11.3 Å². The molecule has 1 unspecified atom stereocenters. The van der Waals surface area contributed by atoms with E-state index in [1.54, 1.807) is 16.2 Å². The van der Waals surface area contributed by atoms with E-state index in [1.165, 1.54) is 10.4 Å². The molecule has 1 aromatic heterocycles. The standard InChI is InChI=1S/C17H24N2O4S/c1-11(2)9-13(17(22)23)18-15(20)3-4-16(21)19-7-5-14-12(10-19)6-8-24-14/h6,8,11,13H,3-5,7,9-10H2,1-2H3,(H,18,20)(H,22,23). The van der Waals surface area contributed by atoms with Gasteiger partial charge in [0, 0.05) is 30.8 Å². The second-order valence-corrected chi connectivity index (χ2v) is 7.52. The molecule has 7 heteroatoms. The van der Waals surface area contributed by atoms with Crippen molar-refractivity contribution in [2.24, 2.45) is 5.92 Å². The Morgan fingerprint density at radius 3 is 2.75 bits per heavy atom. The third kappa shape index (κ3) is 5.06. The van der Waals surface area contributed by atoms with Crippen molar-refractivity contribution in [3.63, 3.8) is 0 Å². The van der Waals surface area contributed by atoms with E-state index in [0.717, 1.165) is 6.42 Å². The van der Waals surface area contributed by atoms with Crippen molar-refractivity contribution in [2.75, 3.05) is 6.54 Å². The molecule has 0 saturated heterocycles. The minimum Gasteiger partial charge on any atom is -0.480 e. The van der Waals surface area contributed by atoms with E-state index in [0.29, 0.717) is 19.5 Å². The van der Waals surface area contributed by atoms with E-state index in [9.17, 15) is 14.4 Å². The summed E-state index contributed by atoms with van der Waals surface area (Å²) in [6, 6.07) is 1.14. The highest BCUT2D eigenvalue weighted by Crippen LogP contribution is 2.24. The number of nitrogens with one attached hydrogen (secondary N) is 1. The molecule has 0 saturated carbocycles. The molecule has 1 aliphatic heterocycles. The number of carbonyl (C=O) groups excluding carboxylic acids is 2. The molecule has 6 nitrogen and oxygen atoms in total. The largest absolute Gasteiger partial charge is 0.480 e. The quantitative estimate of drug-likeness (QED) is 0.786. The lowest BCUT2D eigenvalue weighted by molar-refractivity contribution is -0.142. The van der Waals surface area contributed by atoms with Gasteiger partial charge in [0.2, 0.25) is 11.8 Å². The highest BCUT2D eigenvalue weighted by atomic mass is 32.1. The Balaban J connectivity index is 1.79. The summed E-state index contributed by atoms with van der Waals surface area (Å²) in [5.74, 6) is -1.31. The Bertz CT molecular complexity index is 611. The van der Waals surface area contributed by atoms with E-state index < -0.39 is 12.0 Å². The van der Waals surface area contributed by atoms with E-state index in [4.69, 9.17) is 5.11 Å². The summed E-state index contributed by atoms with van der Waals surface area (Å²) in [6.07, 6.45) is 1.37. The van der Waals surface area contributed by atoms with E-state index in [2.05, 4.69) is 5.32 Å². The number of amides is 2. The fourth-order valence-corrected chi connectivity index (χ4v) is 3.69. The van der Waals surface area contributed by atoms with Crippen LogP contribution < -0.4 is 5.32 Å². The number of carboxylic acid groups (broad SMARTS) is 1. The summed E-state index contributed by atoms with van der Waals surface area (Å²) >= 11 is 1.71. The molecule has 2 amide bonds. The Morgan fingerprint density at radius 1 is 1.33 bits per heavy atom. The fourth-order valence-electron chi connectivity index (χ4n) is 2.80. The van der Waals surface area contributed by atoms with Gasteiger partial charge in [0.25, 0.3) is 0 Å². The van der Waals surface area contributed by atoms with Gasteiger partial charge in [-0.05, 0) is 35.8 Å². The molecule has 2 N–H and O–H groups in total. The lowest BCUT2D eigenvalue weighted by Crippen LogP contribution is -2.42. The van der Waals surface area contributed by atoms with Crippen LogP contribution in [0.5, 0.6) is 0 Å². The van der Waals surface area contributed by atoms with Crippen LogP contribution in [0.1, 0.15) is 43.6 Å². The number of aliphatic carboxylic acids is 1. The van der Waals surface area contributed by atoms with Gasteiger partial charge in [-0.3, -0.25) is 9.59 Å². The molecule has 2 rings (SSSR count). The molecule has 1 atom stereocenters. The molecule has 0 spiro atoms. The molecule has 1 aromatic rings. The van der Waals surface area contributed by atoms with Crippen LogP contribution in [0.25, 0.3) is 0 Å². The predicted molar refractivity (Wildman–Crippen MR) is 91.7 cm³/mol. The van der Waals surface area contributed by atoms with Crippen molar-refractivity contribution in [1.82, 2.24) is 10.2 Å². The molecule has 0 aliphatic carbocycles. The molecule has 0 fully saturated rings. The Hall–Kier alpha value is -1.89. The van der Waals surface area contributed by atoms with Gasteiger partial charge in [0.1, 0.15) is 6.04 Å². The SMILES string of the molecule is CC(C)CC(NC(=O)CCC(=O)N1CCc2sccc2C1)C(=O)O. The number of fused-ring (bicyclic) bond motifs is 1. The van der Waals surface area contributed by atoms with Crippen molar-refractivity contribution in [3.05, 3.63) is 21.9 Å². The lowest BCUT2D eigenvalue weighted by Gasteiger charge is -2.27. The summed E-state index contributed by atoms with van der Waals surface area (Å²) in [6.45, 7) is 5.09. The first-order valence-electron chi connectivity index (χ1n) is 8.22. The van der Waals surface area contributed by atoms with Crippen LogP contribution in [0.3, 0.4) is 0 Å². The number of carboxylic acids is 1. The molecule has 1 aliphatic rings. The maximum Gasteiger partial charge on any atom is 0.326 e.